The number of rotatable bonds is 4. The van der Waals surface area contributed by atoms with Crippen LogP contribution in [0.15, 0.2) is 12.1 Å². The van der Waals surface area contributed by atoms with Crippen LogP contribution in [0.5, 0.6) is 0 Å². The van der Waals surface area contributed by atoms with Crippen LogP contribution in [0.4, 0.5) is 4.79 Å². The topological polar surface area (TPSA) is 69.6 Å². The van der Waals surface area contributed by atoms with Crippen LogP contribution in [0.3, 0.4) is 0 Å². The molecule has 1 aromatic heterocycles. The highest BCUT2D eigenvalue weighted by Gasteiger charge is 2.55. The molecule has 0 radical (unpaired) electrons. The van der Waals surface area contributed by atoms with Crippen molar-refractivity contribution in [3.8, 4) is 0 Å². The van der Waals surface area contributed by atoms with Crippen LogP contribution in [-0.2, 0) is 4.79 Å². The molecule has 23 heavy (non-hydrogen) atoms. The first kappa shape index (κ1) is 16.6. The van der Waals surface area contributed by atoms with Gasteiger partial charge in [0.25, 0.3) is 0 Å². The average Bonchev–Trinajstić information content (AvgIpc) is 3.17. The third-order valence-electron chi connectivity index (χ3n) is 5.23. The number of carboxylic acid groups (broad SMARTS) is 1. The Kier molecular flexibility index (Phi) is 4.56. The van der Waals surface area contributed by atoms with Crippen molar-refractivity contribution in [1.82, 2.24) is 10.2 Å². The van der Waals surface area contributed by atoms with E-state index in [0.717, 1.165) is 24.1 Å². The second-order valence-corrected chi connectivity index (χ2v) is 8.23. The highest BCUT2D eigenvalue weighted by atomic mass is 35.5. The fraction of sp³-hybridized carbons (Fsp3) is 0.625. The quantitative estimate of drug-likeness (QED) is 0.863. The number of halogens is 1. The maximum absolute atomic E-state index is 12.6. The van der Waals surface area contributed by atoms with Crippen LogP contribution in [0.2, 0.25) is 4.34 Å². The van der Waals surface area contributed by atoms with E-state index in [1.807, 2.05) is 19.1 Å². The largest absolute Gasteiger partial charge is 0.481 e. The normalized spacial score (nSPS) is 27.7. The van der Waals surface area contributed by atoms with Crippen LogP contribution < -0.4 is 5.32 Å². The number of aliphatic carboxylic acids is 1. The first-order valence-electron chi connectivity index (χ1n) is 8.00. The van der Waals surface area contributed by atoms with Gasteiger partial charge in [0.05, 0.1) is 15.8 Å². The Hall–Kier alpha value is -1.27. The smallest absolute Gasteiger partial charge is 0.317 e. The molecule has 7 heteroatoms. The molecule has 2 heterocycles. The third-order valence-corrected chi connectivity index (χ3v) is 6.57. The molecule has 0 bridgehead atoms. The molecule has 1 aliphatic heterocycles. The number of carboxylic acids is 1. The molecule has 3 rings (SSSR count). The van der Waals surface area contributed by atoms with E-state index < -0.39 is 11.4 Å². The predicted octanol–water partition coefficient (Wildman–Crippen LogP) is 3.75. The first-order chi connectivity index (χ1) is 11.0. The van der Waals surface area contributed by atoms with Crippen molar-refractivity contribution in [3.63, 3.8) is 0 Å². The molecule has 0 spiro atoms. The van der Waals surface area contributed by atoms with E-state index in [9.17, 15) is 14.7 Å². The number of hydrogen-bond acceptors (Lipinski definition) is 3. The molecule has 3 atom stereocenters. The summed E-state index contributed by atoms with van der Waals surface area (Å²) in [6.07, 6.45) is 3.28. The zero-order valence-corrected chi connectivity index (χ0v) is 14.6. The highest BCUT2D eigenvalue weighted by Crippen LogP contribution is 2.48. The molecule has 1 unspecified atom stereocenters. The van der Waals surface area contributed by atoms with Crippen molar-refractivity contribution in [1.29, 1.82) is 0 Å². The van der Waals surface area contributed by atoms with Crippen LogP contribution in [0, 0.1) is 11.3 Å². The van der Waals surface area contributed by atoms with Gasteiger partial charge >= 0.3 is 12.0 Å². The summed E-state index contributed by atoms with van der Waals surface area (Å²) in [5.74, 6) is -0.672. The zero-order valence-electron chi connectivity index (χ0n) is 13.0. The minimum atomic E-state index is -0.757. The van der Waals surface area contributed by atoms with Crippen LogP contribution in [-0.4, -0.2) is 35.1 Å². The summed E-state index contributed by atoms with van der Waals surface area (Å²) in [5.41, 5.74) is -0.731. The fourth-order valence-electron chi connectivity index (χ4n) is 3.92. The Labute approximate surface area is 144 Å². The van der Waals surface area contributed by atoms with E-state index in [-0.39, 0.29) is 18.0 Å². The van der Waals surface area contributed by atoms with Gasteiger partial charge in [0.1, 0.15) is 0 Å². The number of hydrogen-bond donors (Lipinski definition) is 2. The van der Waals surface area contributed by atoms with Gasteiger partial charge in [-0.25, -0.2) is 4.79 Å². The molecule has 1 aliphatic carbocycles. The Morgan fingerprint density at radius 2 is 2.35 bits per heavy atom. The molecule has 5 nitrogen and oxygen atoms in total. The standard InChI is InChI=1S/C16H21ClN2O3S/c1-2-11(12-5-6-13(17)23-12)18-15(22)19-8-10-4-3-7-16(10,9-19)14(20)21/h5-6,10-11H,2-4,7-9H2,1H3,(H,18,22)(H,20,21)/t10-,11?,16+/m0/s1. The number of nitrogens with one attached hydrogen (secondary N) is 1. The van der Waals surface area contributed by atoms with Crippen molar-refractivity contribution in [2.45, 2.75) is 38.6 Å². The average molecular weight is 357 g/mol. The van der Waals surface area contributed by atoms with E-state index in [1.165, 1.54) is 11.3 Å². The van der Waals surface area contributed by atoms with Crippen molar-refractivity contribution in [3.05, 3.63) is 21.3 Å². The van der Waals surface area contributed by atoms with E-state index in [2.05, 4.69) is 5.32 Å². The van der Waals surface area contributed by atoms with Gasteiger partial charge in [-0.1, -0.05) is 24.9 Å². The molecule has 1 saturated carbocycles. The van der Waals surface area contributed by atoms with Crippen molar-refractivity contribution in [2.75, 3.05) is 13.1 Å². The summed E-state index contributed by atoms with van der Waals surface area (Å²) in [5, 5.41) is 12.6. The highest BCUT2D eigenvalue weighted by molar-refractivity contribution is 7.16. The maximum atomic E-state index is 12.6. The second kappa shape index (κ2) is 6.32. The summed E-state index contributed by atoms with van der Waals surface area (Å²) < 4.78 is 0.702. The van der Waals surface area contributed by atoms with Crippen LogP contribution in [0.25, 0.3) is 0 Å². The summed E-state index contributed by atoms with van der Waals surface area (Å²) in [6.45, 7) is 2.87. The number of fused-ring (bicyclic) bond motifs is 1. The number of urea groups is 1. The summed E-state index contributed by atoms with van der Waals surface area (Å²) in [7, 11) is 0. The zero-order chi connectivity index (χ0) is 16.6. The molecule has 2 amide bonds. The Morgan fingerprint density at radius 3 is 2.91 bits per heavy atom. The number of amides is 2. The number of carbonyl (C=O) groups is 2. The molecule has 126 valence electrons. The number of likely N-dealkylation sites (tertiary alicyclic amines) is 1. The maximum Gasteiger partial charge on any atom is 0.317 e. The minimum Gasteiger partial charge on any atom is -0.481 e. The number of nitrogens with zero attached hydrogens (tertiary/aromatic N) is 1. The molecular weight excluding hydrogens is 336 g/mol. The number of thiophene rings is 1. The minimum absolute atomic E-state index is 0.0822. The number of carbonyl (C=O) groups excluding carboxylic acids is 1. The van der Waals surface area contributed by atoms with Gasteiger partial charge in [0.15, 0.2) is 0 Å². The van der Waals surface area contributed by atoms with Crippen LogP contribution in [0.1, 0.15) is 43.5 Å². The monoisotopic (exact) mass is 356 g/mol. The van der Waals surface area contributed by atoms with E-state index in [0.29, 0.717) is 23.8 Å². The van der Waals surface area contributed by atoms with Gasteiger partial charge in [-0.2, -0.15) is 0 Å². The van der Waals surface area contributed by atoms with Gasteiger partial charge in [-0.3, -0.25) is 4.79 Å². The molecule has 2 fully saturated rings. The van der Waals surface area contributed by atoms with Gasteiger partial charge in [-0.05, 0) is 37.3 Å². The molecule has 1 aromatic rings. The van der Waals surface area contributed by atoms with Gasteiger partial charge < -0.3 is 15.3 Å². The molecule has 2 aliphatic rings. The van der Waals surface area contributed by atoms with Gasteiger partial charge in [0.2, 0.25) is 0 Å². The predicted molar refractivity (Wildman–Crippen MR) is 89.9 cm³/mol. The molecule has 2 N–H and O–H groups in total. The first-order valence-corrected chi connectivity index (χ1v) is 9.20. The summed E-state index contributed by atoms with van der Waals surface area (Å²) in [6, 6.07) is 3.51. The van der Waals surface area contributed by atoms with Crippen molar-refractivity contribution < 1.29 is 14.7 Å². The second-order valence-electron chi connectivity index (χ2n) is 6.48. The molecule has 1 saturated heterocycles. The lowest BCUT2D eigenvalue weighted by molar-refractivity contribution is -0.149. The lowest BCUT2D eigenvalue weighted by Gasteiger charge is -2.25. The lowest BCUT2D eigenvalue weighted by Crippen LogP contribution is -2.42. The van der Waals surface area contributed by atoms with Crippen molar-refractivity contribution >= 4 is 34.9 Å². The van der Waals surface area contributed by atoms with Crippen molar-refractivity contribution in [2.24, 2.45) is 11.3 Å². The van der Waals surface area contributed by atoms with E-state index in [1.54, 1.807) is 4.90 Å². The van der Waals surface area contributed by atoms with Crippen LogP contribution >= 0.6 is 22.9 Å². The van der Waals surface area contributed by atoms with E-state index in [4.69, 9.17) is 11.6 Å². The summed E-state index contributed by atoms with van der Waals surface area (Å²) >= 11 is 7.44. The third kappa shape index (κ3) is 2.94. The lowest BCUT2D eigenvalue weighted by atomic mass is 9.81. The Morgan fingerprint density at radius 1 is 1.57 bits per heavy atom. The van der Waals surface area contributed by atoms with Gasteiger partial charge in [-0.15, -0.1) is 11.3 Å². The molecule has 0 aromatic carbocycles. The molecular formula is C16H21ClN2O3S. The Bertz CT molecular complexity index is 620. The SMILES string of the molecule is CCC(NC(=O)N1C[C@@H]2CCC[C@@]2(C(=O)O)C1)c1ccc(Cl)s1. The van der Waals surface area contributed by atoms with E-state index >= 15 is 0 Å². The fourth-order valence-corrected chi connectivity index (χ4v) is 5.12. The van der Waals surface area contributed by atoms with Gasteiger partial charge in [0, 0.05) is 18.0 Å². The Balaban J connectivity index is 1.68. The summed E-state index contributed by atoms with van der Waals surface area (Å²) in [4.78, 5) is 27.0.